The molecule has 0 radical (unpaired) electrons. The highest BCUT2D eigenvalue weighted by atomic mass is 16.5. The zero-order chi connectivity index (χ0) is 17.8. The van der Waals surface area contributed by atoms with E-state index in [9.17, 15) is 14.4 Å². The smallest absolute Gasteiger partial charge is 0.310 e. The van der Waals surface area contributed by atoms with Crippen molar-refractivity contribution >= 4 is 17.8 Å². The van der Waals surface area contributed by atoms with Gasteiger partial charge in [-0.15, -0.1) is 0 Å². The molecule has 25 heavy (non-hydrogen) atoms. The van der Waals surface area contributed by atoms with Crippen molar-refractivity contribution in [2.24, 2.45) is 0 Å². The molecule has 1 aliphatic rings. The summed E-state index contributed by atoms with van der Waals surface area (Å²) >= 11 is 0. The molecule has 2 amide bonds. The van der Waals surface area contributed by atoms with Crippen LogP contribution in [0.15, 0.2) is 48.5 Å². The first kappa shape index (κ1) is 16.7. The predicted molar refractivity (Wildman–Crippen MR) is 89.5 cm³/mol. The summed E-state index contributed by atoms with van der Waals surface area (Å²) in [7, 11) is 1.53. The number of imide groups is 1. The van der Waals surface area contributed by atoms with E-state index in [4.69, 9.17) is 9.47 Å². The molecule has 1 aliphatic heterocycles. The molecular formula is C19H17NO5. The lowest BCUT2D eigenvalue weighted by atomic mass is 10.1. The number of para-hydroxylation sites is 1. The van der Waals surface area contributed by atoms with Gasteiger partial charge in [0.25, 0.3) is 11.8 Å². The maximum atomic E-state index is 12.2. The Morgan fingerprint density at radius 3 is 2.20 bits per heavy atom. The highest BCUT2D eigenvalue weighted by Crippen LogP contribution is 2.22. The van der Waals surface area contributed by atoms with Gasteiger partial charge in [-0.3, -0.25) is 19.3 Å². The molecule has 0 saturated heterocycles. The van der Waals surface area contributed by atoms with Gasteiger partial charge >= 0.3 is 5.97 Å². The minimum Gasteiger partial charge on any atom is -0.496 e. The fourth-order valence-corrected chi connectivity index (χ4v) is 2.75. The van der Waals surface area contributed by atoms with Gasteiger partial charge in [-0.2, -0.15) is 0 Å². The number of esters is 1. The fourth-order valence-electron chi connectivity index (χ4n) is 2.75. The van der Waals surface area contributed by atoms with Crippen LogP contribution in [0, 0.1) is 0 Å². The average molecular weight is 339 g/mol. The van der Waals surface area contributed by atoms with E-state index >= 15 is 0 Å². The average Bonchev–Trinajstić information content (AvgIpc) is 2.87. The van der Waals surface area contributed by atoms with Gasteiger partial charge in [0, 0.05) is 5.56 Å². The van der Waals surface area contributed by atoms with E-state index in [1.54, 1.807) is 36.4 Å². The lowest BCUT2D eigenvalue weighted by molar-refractivity contribution is -0.143. The lowest BCUT2D eigenvalue weighted by Gasteiger charge is -2.14. The number of benzene rings is 2. The molecule has 1 heterocycles. The zero-order valence-corrected chi connectivity index (χ0v) is 13.7. The van der Waals surface area contributed by atoms with Gasteiger partial charge in [-0.1, -0.05) is 30.3 Å². The summed E-state index contributed by atoms with van der Waals surface area (Å²) in [5, 5.41) is 0. The minimum atomic E-state index is -0.443. The van der Waals surface area contributed by atoms with Crippen molar-refractivity contribution in [3.05, 3.63) is 65.2 Å². The summed E-state index contributed by atoms with van der Waals surface area (Å²) in [6, 6.07) is 13.8. The number of fused-ring (bicyclic) bond motifs is 1. The second-order valence-corrected chi connectivity index (χ2v) is 5.52. The van der Waals surface area contributed by atoms with Crippen LogP contribution in [0.2, 0.25) is 0 Å². The van der Waals surface area contributed by atoms with Crippen LogP contribution in [-0.4, -0.2) is 42.9 Å². The highest BCUT2D eigenvalue weighted by molar-refractivity contribution is 6.21. The number of nitrogens with zero attached hydrogens (tertiary/aromatic N) is 1. The first-order valence-electron chi connectivity index (χ1n) is 7.84. The third-order valence-corrected chi connectivity index (χ3v) is 3.98. The van der Waals surface area contributed by atoms with Crippen molar-refractivity contribution in [1.29, 1.82) is 0 Å². The zero-order valence-electron chi connectivity index (χ0n) is 13.7. The van der Waals surface area contributed by atoms with Gasteiger partial charge in [-0.25, -0.2) is 0 Å². The molecule has 0 N–H and O–H groups in total. The van der Waals surface area contributed by atoms with Gasteiger partial charge in [0.05, 0.1) is 31.2 Å². The van der Waals surface area contributed by atoms with Crippen molar-refractivity contribution in [3.63, 3.8) is 0 Å². The van der Waals surface area contributed by atoms with E-state index in [1.807, 2.05) is 12.1 Å². The minimum absolute atomic E-state index is 0.0318. The van der Waals surface area contributed by atoms with Gasteiger partial charge < -0.3 is 9.47 Å². The molecule has 0 atom stereocenters. The van der Waals surface area contributed by atoms with E-state index in [-0.39, 0.29) is 31.4 Å². The molecule has 0 saturated carbocycles. The molecule has 128 valence electrons. The van der Waals surface area contributed by atoms with Crippen LogP contribution in [0.4, 0.5) is 0 Å². The number of ether oxygens (including phenoxy) is 2. The maximum absolute atomic E-state index is 12.2. The third kappa shape index (κ3) is 3.38. The van der Waals surface area contributed by atoms with Gasteiger partial charge in [-0.05, 0) is 18.2 Å². The van der Waals surface area contributed by atoms with E-state index in [0.29, 0.717) is 16.9 Å². The summed E-state index contributed by atoms with van der Waals surface area (Å²) < 4.78 is 10.4. The van der Waals surface area contributed by atoms with Crippen LogP contribution in [0.1, 0.15) is 26.3 Å². The number of amides is 2. The Hall–Kier alpha value is -3.15. The Labute approximate surface area is 145 Å². The maximum Gasteiger partial charge on any atom is 0.310 e. The Balaban J connectivity index is 1.54. The van der Waals surface area contributed by atoms with Crippen LogP contribution in [0.25, 0.3) is 0 Å². The summed E-state index contributed by atoms with van der Waals surface area (Å²) in [4.78, 5) is 37.5. The molecule has 0 aromatic heterocycles. The largest absolute Gasteiger partial charge is 0.496 e. The van der Waals surface area contributed by atoms with Gasteiger partial charge in [0.2, 0.25) is 0 Å². The van der Waals surface area contributed by atoms with E-state index < -0.39 is 5.97 Å². The Bertz CT molecular complexity index is 795. The third-order valence-electron chi connectivity index (χ3n) is 3.98. The summed E-state index contributed by atoms with van der Waals surface area (Å²) in [5.74, 6) is -0.552. The van der Waals surface area contributed by atoms with Gasteiger partial charge in [0.1, 0.15) is 12.4 Å². The molecule has 3 rings (SSSR count). The van der Waals surface area contributed by atoms with Crippen LogP contribution in [0.3, 0.4) is 0 Å². The predicted octanol–water partition coefficient (Wildman–Crippen LogP) is 2.08. The van der Waals surface area contributed by atoms with Gasteiger partial charge in [0.15, 0.2) is 0 Å². The summed E-state index contributed by atoms with van der Waals surface area (Å²) in [6.45, 7) is -0.0105. The van der Waals surface area contributed by atoms with Crippen molar-refractivity contribution in [2.75, 3.05) is 20.3 Å². The molecule has 0 bridgehead atoms. The van der Waals surface area contributed by atoms with Crippen LogP contribution >= 0.6 is 0 Å². The van der Waals surface area contributed by atoms with E-state index in [2.05, 4.69) is 0 Å². The number of hydrogen-bond donors (Lipinski definition) is 0. The van der Waals surface area contributed by atoms with E-state index in [1.165, 1.54) is 7.11 Å². The molecule has 0 spiro atoms. The monoisotopic (exact) mass is 339 g/mol. The number of rotatable bonds is 6. The fraction of sp³-hybridized carbons (Fsp3) is 0.211. The molecule has 2 aromatic rings. The second-order valence-electron chi connectivity index (χ2n) is 5.52. The lowest BCUT2D eigenvalue weighted by Crippen LogP contribution is -2.33. The molecular weight excluding hydrogens is 322 g/mol. The van der Waals surface area contributed by atoms with Crippen molar-refractivity contribution < 1.29 is 23.9 Å². The first-order chi connectivity index (χ1) is 12.1. The standard InChI is InChI=1S/C19H17NO5/c1-24-16-9-5-2-6-13(16)12-17(21)25-11-10-20-18(22)14-7-3-4-8-15(14)19(20)23/h2-9H,10-12H2,1H3. The molecule has 6 heteroatoms. The Morgan fingerprint density at radius 2 is 1.56 bits per heavy atom. The first-order valence-corrected chi connectivity index (χ1v) is 7.84. The Kier molecular flexibility index (Phi) is 4.79. The van der Waals surface area contributed by atoms with Crippen molar-refractivity contribution in [3.8, 4) is 5.75 Å². The molecule has 2 aromatic carbocycles. The van der Waals surface area contributed by atoms with Crippen LogP contribution in [-0.2, 0) is 16.0 Å². The van der Waals surface area contributed by atoms with Crippen molar-refractivity contribution in [2.45, 2.75) is 6.42 Å². The number of hydrogen-bond acceptors (Lipinski definition) is 5. The summed E-state index contributed by atoms with van der Waals surface area (Å²) in [5.41, 5.74) is 1.48. The number of methoxy groups -OCH3 is 1. The normalized spacial score (nSPS) is 12.9. The quantitative estimate of drug-likeness (QED) is 0.595. The topological polar surface area (TPSA) is 72.9 Å². The molecule has 0 aliphatic carbocycles. The molecule has 0 unspecified atom stereocenters. The SMILES string of the molecule is COc1ccccc1CC(=O)OCCN1C(=O)c2ccccc2C1=O. The molecule has 0 fully saturated rings. The highest BCUT2D eigenvalue weighted by Gasteiger charge is 2.34. The Morgan fingerprint density at radius 1 is 0.960 bits per heavy atom. The number of carbonyl (C=O) groups excluding carboxylic acids is 3. The van der Waals surface area contributed by atoms with E-state index in [0.717, 1.165) is 10.5 Å². The van der Waals surface area contributed by atoms with Crippen molar-refractivity contribution in [1.82, 2.24) is 4.90 Å². The second kappa shape index (κ2) is 7.17. The molecule has 6 nitrogen and oxygen atoms in total. The van der Waals surface area contributed by atoms with Crippen LogP contribution in [0.5, 0.6) is 5.75 Å². The number of carbonyl (C=O) groups is 3. The summed E-state index contributed by atoms with van der Waals surface area (Å²) in [6.07, 6.45) is 0.0616. The van der Waals surface area contributed by atoms with Crippen LogP contribution < -0.4 is 4.74 Å².